The van der Waals surface area contributed by atoms with Crippen molar-refractivity contribution in [3.8, 4) is 0 Å². The molecule has 108 valence electrons. The van der Waals surface area contributed by atoms with Gasteiger partial charge < -0.3 is 5.32 Å². The van der Waals surface area contributed by atoms with Crippen molar-refractivity contribution in [2.45, 2.75) is 33.2 Å². The largest absolute Gasteiger partial charge is 0.306 e. The molecular weight excluding hydrogens is 337 g/mol. The molecule has 0 bridgehead atoms. The Bertz CT molecular complexity index is 575. The summed E-state index contributed by atoms with van der Waals surface area (Å²) in [6.07, 6.45) is 1.02. The third kappa shape index (κ3) is 3.30. The van der Waals surface area contributed by atoms with Crippen molar-refractivity contribution in [2.75, 3.05) is 6.54 Å². The van der Waals surface area contributed by atoms with E-state index in [4.69, 9.17) is 0 Å². The predicted molar refractivity (Wildman–Crippen MR) is 88.0 cm³/mol. The van der Waals surface area contributed by atoms with E-state index < -0.39 is 0 Å². The Kier molecular flexibility index (Phi) is 5.35. The first-order valence-electron chi connectivity index (χ1n) is 6.78. The van der Waals surface area contributed by atoms with Gasteiger partial charge in [-0.3, -0.25) is 0 Å². The SMILES string of the molecule is CCCNC(c1cc(C)c(C)s1)c1cccc(Br)c1F. The number of halogens is 2. The number of thiophene rings is 1. The molecule has 0 aliphatic rings. The minimum absolute atomic E-state index is 0.0788. The van der Waals surface area contributed by atoms with E-state index in [1.165, 1.54) is 15.3 Å². The van der Waals surface area contributed by atoms with E-state index >= 15 is 0 Å². The van der Waals surface area contributed by atoms with Crippen LogP contribution in [0.15, 0.2) is 28.7 Å². The van der Waals surface area contributed by atoms with Gasteiger partial charge in [0.1, 0.15) is 5.82 Å². The lowest BCUT2D eigenvalue weighted by molar-refractivity contribution is 0.547. The van der Waals surface area contributed by atoms with Crippen LogP contribution >= 0.6 is 27.3 Å². The number of hydrogen-bond acceptors (Lipinski definition) is 2. The Morgan fingerprint density at radius 3 is 2.70 bits per heavy atom. The predicted octanol–water partition coefficient (Wildman–Crippen LogP) is 5.36. The summed E-state index contributed by atoms with van der Waals surface area (Å²) in [6, 6.07) is 7.56. The Balaban J connectivity index is 2.44. The van der Waals surface area contributed by atoms with Crippen molar-refractivity contribution in [3.63, 3.8) is 0 Å². The molecule has 0 aliphatic carbocycles. The third-order valence-electron chi connectivity index (χ3n) is 3.36. The molecule has 1 nitrogen and oxygen atoms in total. The lowest BCUT2D eigenvalue weighted by Gasteiger charge is -2.19. The Morgan fingerprint density at radius 1 is 1.35 bits per heavy atom. The Morgan fingerprint density at radius 2 is 2.10 bits per heavy atom. The summed E-state index contributed by atoms with van der Waals surface area (Å²) < 4.78 is 14.9. The average Bonchev–Trinajstić information content (AvgIpc) is 2.74. The van der Waals surface area contributed by atoms with Gasteiger partial charge in [0.25, 0.3) is 0 Å². The van der Waals surface area contributed by atoms with Gasteiger partial charge in [-0.25, -0.2) is 4.39 Å². The highest BCUT2D eigenvalue weighted by Gasteiger charge is 2.20. The van der Waals surface area contributed by atoms with Crippen LogP contribution in [0.1, 0.15) is 40.3 Å². The fourth-order valence-electron chi connectivity index (χ4n) is 2.14. The molecule has 1 N–H and O–H groups in total. The molecule has 1 aromatic heterocycles. The zero-order chi connectivity index (χ0) is 14.7. The maximum absolute atomic E-state index is 14.4. The molecule has 0 saturated carbocycles. The lowest BCUT2D eigenvalue weighted by Crippen LogP contribution is -2.23. The van der Waals surface area contributed by atoms with Crippen molar-refractivity contribution in [1.29, 1.82) is 0 Å². The molecule has 0 radical (unpaired) electrons. The van der Waals surface area contributed by atoms with Crippen molar-refractivity contribution in [2.24, 2.45) is 0 Å². The van der Waals surface area contributed by atoms with Gasteiger partial charge in [0.15, 0.2) is 0 Å². The summed E-state index contributed by atoms with van der Waals surface area (Å²) in [5.74, 6) is -0.176. The number of benzene rings is 1. The molecule has 1 atom stereocenters. The molecule has 2 rings (SSSR count). The first kappa shape index (κ1) is 15.7. The molecule has 0 fully saturated rings. The van der Waals surface area contributed by atoms with Crippen LogP contribution in [0.3, 0.4) is 0 Å². The summed E-state index contributed by atoms with van der Waals surface area (Å²) in [5, 5.41) is 3.46. The monoisotopic (exact) mass is 355 g/mol. The highest BCUT2D eigenvalue weighted by Crippen LogP contribution is 2.33. The minimum atomic E-state index is -0.176. The molecule has 0 spiro atoms. The normalized spacial score (nSPS) is 12.7. The van der Waals surface area contributed by atoms with Gasteiger partial charge in [0, 0.05) is 15.3 Å². The smallest absolute Gasteiger partial charge is 0.142 e. The van der Waals surface area contributed by atoms with E-state index in [0.29, 0.717) is 10.0 Å². The van der Waals surface area contributed by atoms with Gasteiger partial charge in [-0.1, -0.05) is 19.1 Å². The molecule has 20 heavy (non-hydrogen) atoms. The topological polar surface area (TPSA) is 12.0 Å². The van der Waals surface area contributed by atoms with Gasteiger partial charge in [-0.05, 0) is 60.4 Å². The van der Waals surface area contributed by atoms with Gasteiger partial charge in [-0.2, -0.15) is 0 Å². The van der Waals surface area contributed by atoms with Crippen molar-refractivity contribution in [1.82, 2.24) is 5.32 Å². The first-order chi connectivity index (χ1) is 9.54. The van der Waals surface area contributed by atoms with E-state index in [9.17, 15) is 4.39 Å². The summed E-state index contributed by atoms with van der Waals surface area (Å²) in [6.45, 7) is 7.19. The molecule has 1 aromatic carbocycles. The summed E-state index contributed by atoms with van der Waals surface area (Å²) in [7, 11) is 0. The quantitative estimate of drug-likeness (QED) is 0.761. The van der Waals surface area contributed by atoms with E-state index in [1.807, 2.05) is 12.1 Å². The highest BCUT2D eigenvalue weighted by molar-refractivity contribution is 9.10. The van der Waals surface area contributed by atoms with E-state index in [1.54, 1.807) is 17.4 Å². The molecule has 1 unspecified atom stereocenters. The number of hydrogen-bond donors (Lipinski definition) is 1. The molecule has 2 aromatic rings. The highest BCUT2D eigenvalue weighted by atomic mass is 79.9. The van der Waals surface area contributed by atoms with Gasteiger partial charge in [-0.15, -0.1) is 11.3 Å². The molecule has 0 aliphatic heterocycles. The summed E-state index contributed by atoms with van der Waals surface area (Å²) >= 11 is 5.01. The van der Waals surface area contributed by atoms with Crippen LogP contribution in [0.4, 0.5) is 4.39 Å². The van der Waals surface area contributed by atoms with Crippen molar-refractivity contribution in [3.05, 3.63) is 55.4 Å². The number of nitrogens with one attached hydrogen (secondary N) is 1. The maximum atomic E-state index is 14.4. The Hall–Kier alpha value is -0.710. The second-order valence-corrected chi connectivity index (χ2v) is 7.06. The molecular formula is C16H19BrFNS. The second-order valence-electron chi connectivity index (χ2n) is 4.92. The van der Waals surface area contributed by atoms with Gasteiger partial charge >= 0.3 is 0 Å². The van der Waals surface area contributed by atoms with Crippen LogP contribution in [0.25, 0.3) is 0 Å². The van der Waals surface area contributed by atoms with Crippen LogP contribution in [-0.4, -0.2) is 6.54 Å². The minimum Gasteiger partial charge on any atom is -0.306 e. The van der Waals surface area contributed by atoms with Crippen LogP contribution in [0, 0.1) is 19.7 Å². The van der Waals surface area contributed by atoms with Crippen molar-refractivity contribution < 1.29 is 4.39 Å². The van der Waals surface area contributed by atoms with Crippen molar-refractivity contribution >= 4 is 27.3 Å². The van der Waals surface area contributed by atoms with Gasteiger partial charge in [0.2, 0.25) is 0 Å². The number of rotatable bonds is 5. The van der Waals surface area contributed by atoms with E-state index in [2.05, 4.69) is 48.1 Å². The maximum Gasteiger partial charge on any atom is 0.142 e. The van der Waals surface area contributed by atoms with Gasteiger partial charge in [0.05, 0.1) is 10.5 Å². The molecule has 1 heterocycles. The average molecular weight is 356 g/mol. The first-order valence-corrected chi connectivity index (χ1v) is 8.39. The van der Waals surface area contributed by atoms with E-state index in [0.717, 1.165) is 13.0 Å². The Labute approximate surface area is 132 Å². The second kappa shape index (κ2) is 6.83. The zero-order valence-corrected chi connectivity index (χ0v) is 14.4. The fraction of sp³-hybridized carbons (Fsp3) is 0.375. The standard InChI is InChI=1S/C16H19BrFNS/c1-4-8-19-16(14-9-10(2)11(3)20-14)12-6-5-7-13(17)15(12)18/h5-7,9,16,19H,4,8H2,1-3H3. The fourth-order valence-corrected chi connectivity index (χ4v) is 3.66. The van der Waals surface area contributed by atoms with Crippen LogP contribution in [-0.2, 0) is 0 Å². The van der Waals surface area contributed by atoms with Crippen LogP contribution < -0.4 is 5.32 Å². The number of aryl methyl sites for hydroxylation is 2. The summed E-state index contributed by atoms with van der Waals surface area (Å²) in [5.41, 5.74) is 1.97. The zero-order valence-electron chi connectivity index (χ0n) is 12.0. The van der Waals surface area contributed by atoms with E-state index in [-0.39, 0.29) is 11.9 Å². The molecule has 0 amide bonds. The molecule has 4 heteroatoms. The summed E-state index contributed by atoms with van der Waals surface area (Å²) in [4.78, 5) is 2.46. The van der Waals surface area contributed by atoms with Crippen LogP contribution in [0.2, 0.25) is 0 Å². The molecule has 0 saturated heterocycles. The third-order valence-corrected chi connectivity index (χ3v) is 5.19. The van der Waals surface area contributed by atoms with Crippen LogP contribution in [0.5, 0.6) is 0 Å². The lowest BCUT2D eigenvalue weighted by atomic mass is 10.0.